The molecule has 146 valence electrons. The molecule has 10 heteroatoms. The van der Waals surface area contributed by atoms with Gasteiger partial charge in [-0.05, 0) is 37.5 Å². The maximum absolute atomic E-state index is 12.8. The van der Waals surface area contributed by atoms with Gasteiger partial charge in [0.25, 0.3) is 5.56 Å². The standard InChI is InChI=1S/C18H15ClF3N5O/c1-11-6-13(4-2-3-5-23)27-16(7-11)24-12(8-17(27)28)10-26-15(19)9-14(25-26)18(20,21)22/h6-9H,2-4,10H2,1H3. The van der Waals surface area contributed by atoms with Crippen molar-refractivity contribution >= 4 is 17.2 Å². The number of pyridine rings is 1. The third-order valence-electron chi connectivity index (χ3n) is 4.09. The number of aryl methyl sites for hydroxylation is 2. The third-order valence-corrected chi connectivity index (χ3v) is 4.39. The molecule has 3 aromatic rings. The van der Waals surface area contributed by atoms with Crippen LogP contribution < -0.4 is 5.56 Å². The zero-order valence-electron chi connectivity index (χ0n) is 14.8. The minimum absolute atomic E-state index is 0.168. The molecule has 3 heterocycles. The third kappa shape index (κ3) is 4.17. The van der Waals surface area contributed by atoms with Gasteiger partial charge in [0.05, 0.1) is 18.3 Å². The first-order valence-electron chi connectivity index (χ1n) is 8.39. The van der Waals surface area contributed by atoms with Gasteiger partial charge in [-0.15, -0.1) is 0 Å². The molecule has 0 amide bonds. The van der Waals surface area contributed by atoms with E-state index in [1.54, 1.807) is 6.07 Å². The second-order valence-electron chi connectivity index (χ2n) is 6.32. The SMILES string of the molecule is Cc1cc(CCCC#N)n2c(=O)cc(Cn3nc(C(F)(F)F)cc3Cl)nc2c1. The summed E-state index contributed by atoms with van der Waals surface area (Å²) in [6, 6.07) is 7.61. The molecule has 0 saturated heterocycles. The first-order valence-corrected chi connectivity index (χ1v) is 8.76. The summed E-state index contributed by atoms with van der Waals surface area (Å²) in [7, 11) is 0. The highest BCUT2D eigenvalue weighted by Crippen LogP contribution is 2.30. The number of nitriles is 1. The van der Waals surface area contributed by atoms with E-state index in [1.165, 1.54) is 10.5 Å². The van der Waals surface area contributed by atoms with Crippen LogP contribution in [-0.2, 0) is 19.1 Å². The molecular formula is C18H15ClF3N5O. The lowest BCUT2D eigenvalue weighted by molar-refractivity contribution is -0.141. The van der Waals surface area contributed by atoms with Crippen molar-refractivity contribution in [1.82, 2.24) is 19.2 Å². The highest BCUT2D eigenvalue weighted by molar-refractivity contribution is 6.29. The van der Waals surface area contributed by atoms with Crippen LogP contribution in [-0.4, -0.2) is 19.2 Å². The summed E-state index contributed by atoms with van der Waals surface area (Å²) in [5, 5.41) is 12.0. The van der Waals surface area contributed by atoms with Crippen LogP contribution in [0.4, 0.5) is 13.2 Å². The molecule has 6 nitrogen and oxygen atoms in total. The normalized spacial score (nSPS) is 11.7. The molecule has 0 spiro atoms. The van der Waals surface area contributed by atoms with Crippen molar-refractivity contribution in [1.29, 1.82) is 5.26 Å². The predicted molar refractivity (Wildman–Crippen MR) is 96.1 cm³/mol. The average Bonchev–Trinajstić information content (AvgIpc) is 2.95. The molecule has 0 fully saturated rings. The molecule has 0 bridgehead atoms. The van der Waals surface area contributed by atoms with Crippen LogP contribution in [0.15, 0.2) is 29.1 Å². The quantitative estimate of drug-likeness (QED) is 0.601. The number of alkyl halides is 3. The van der Waals surface area contributed by atoms with Crippen molar-refractivity contribution in [3.05, 3.63) is 62.4 Å². The minimum Gasteiger partial charge on any atom is -0.269 e. The molecule has 3 aromatic heterocycles. The number of fused-ring (bicyclic) bond motifs is 1. The van der Waals surface area contributed by atoms with Crippen molar-refractivity contribution in [2.45, 2.75) is 38.9 Å². The van der Waals surface area contributed by atoms with Gasteiger partial charge in [-0.3, -0.25) is 9.20 Å². The summed E-state index contributed by atoms with van der Waals surface area (Å²) in [6.45, 7) is 1.69. The number of nitrogens with zero attached hydrogens (tertiary/aromatic N) is 5. The molecule has 0 saturated carbocycles. The van der Waals surface area contributed by atoms with Crippen LogP contribution in [0.5, 0.6) is 0 Å². The van der Waals surface area contributed by atoms with Gasteiger partial charge >= 0.3 is 6.18 Å². The Kier molecular flexibility index (Phi) is 5.42. The van der Waals surface area contributed by atoms with Gasteiger partial charge in [0.1, 0.15) is 10.8 Å². The van der Waals surface area contributed by atoms with Gasteiger partial charge in [-0.1, -0.05) is 11.6 Å². The molecular weight excluding hydrogens is 395 g/mol. The Morgan fingerprint density at radius 3 is 2.64 bits per heavy atom. The van der Waals surface area contributed by atoms with E-state index in [1.807, 2.05) is 13.0 Å². The summed E-state index contributed by atoms with van der Waals surface area (Å²) in [4.78, 5) is 17.0. The molecule has 0 aliphatic heterocycles. The van der Waals surface area contributed by atoms with Gasteiger partial charge in [0.15, 0.2) is 5.69 Å². The van der Waals surface area contributed by atoms with Crippen molar-refractivity contribution < 1.29 is 13.2 Å². The Bertz CT molecular complexity index is 1130. The number of hydrogen-bond donors (Lipinski definition) is 0. The smallest absolute Gasteiger partial charge is 0.269 e. The highest BCUT2D eigenvalue weighted by Gasteiger charge is 2.34. The fourth-order valence-electron chi connectivity index (χ4n) is 2.92. The average molecular weight is 410 g/mol. The lowest BCUT2D eigenvalue weighted by Crippen LogP contribution is -2.20. The van der Waals surface area contributed by atoms with E-state index < -0.39 is 11.9 Å². The number of hydrogen-bond acceptors (Lipinski definition) is 4. The van der Waals surface area contributed by atoms with Gasteiger partial charge in [0, 0.05) is 24.2 Å². The van der Waals surface area contributed by atoms with Crippen molar-refractivity contribution in [2.75, 3.05) is 0 Å². The molecule has 28 heavy (non-hydrogen) atoms. The molecule has 0 unspecified atom stereocenters. The fraction of sp³-hybridized carbons (Fsp3) is 0.333. The van der Waals surface area contributed by atoms with Gasteiger partial charge in [-0.25, -0.2) is 9.67 Å². The Balaban J connectivity index is 2.00. The van der Waals surface area contributed by atoms with Crippen molar-refractivity contribution in [2.24, 2.45) is 0 Å². The van der Waals surface area contributed by atoms with Gasteiger partial charge < -0.3 is 0 Å². The van der Waals surface area contributed by atoms with Crippen LogP contribution in [0.1, 0.15) is 35.5 Å². The Hall–Kier alpha value is -2.86. The van der Waals surface area contributed by atoms with E-state index in [2.05, 4.69) is 16.2 Å². The molecule has 0 aliphatic carbocycles. The van der Waals surface area contributed by atoms with Crippen LogP contribution in [0.2, 0.25) is 5.15 Å². The Morgan fingerprint density at radius 1 is 1.25 bits per heavy atom. The summed E-state index contributed by atoms with van der Waals surface area (Å²) in [6.07, 6.45) is -3.10. The number of rotatable bonds is 5. The lowest BCUT2D eigenvalue weighted by Gasteiger charge is -2.11. The predicted octanol–water partition coefficient (Wildman–Crippen LogP) is 3.77. The second kappa shape index (κ2) is 7.64. The minimum atomic E-state index is -4.61. The maximum atomic E-state index is 12.8. The molecule has 0 N–H and O–H groups in total. The first kappa shape index (κ1) is 19.9. The number of unbranched alkanes of at least 4 members (excludes halogenated alkanes) is 1. The van der Waals surface area contributed by atoms with Crippen LogP contribution in [0, 0.1) is 18.3 Å². The van der Waals surface area contributed by atoms with E-state index in [9.17, 15) is 18.0 Å². The zero-order chi connectivity index (χ0) is 20.5. The van der Waals surface area contributed by atoms with Crippen LogP contribution in [0.3, 0.4) is 0 Å². The first-order chi connectivity index (χ1) is 13.2. The van der Waals surface area contributed by atoms with Gasteiger partial charge in [-0.2, -0.15) is 23.5 Å². The number of halogens is 4. The lowest BCUT2D eigenvalue weighted by atomic mass is 10.1. The monoisotopic (exact) mass is 409 g/mol. The summed E-state index contributed by atoms with van der Waals surface area (Å²) in [5.74, 6) is 0. The molecule has 0 aromatic carbocycles. The van der Waals surface area contributed by atoms with E-state index in [4.69, 9.17) is 16.9 Å². The zero-order valence-corrected chi connectivity index (χ0v) is 15.5. The van der Waals surface area contributed by atoms with Crippen molar-refractivity contribution in [3.63, 3.8) is 0 Å². The van der Waals surface area contributed by atoms with E-state index in [0.717, 1.165) is 22.0 Å². The summed E-state index contributed by atoms with van der Waals surface area (Å²) >= 11 is 5.84. The Labute approximate surface area is 162 Å². The molecule has 3 rings (SSSR count). The van der Waals surface area contributed by atoms with Crippen molar-refractivity contribution in [3.8, 4) is 6.07 Å². The fourth-order valence-corrected chi connectivity index (χ4v) is 3.12. The van der Waals surface area contributed by atoms with E-state index in [-0.39, 0.29) is 23.0 Å². The van der Waals surface area contributed by atoms with E-state index >= 15 is 0 Å². The highest BCUT2D eigenvalue weighted by atomic mass is 35.5. The molecule has 0 aliphatic rings. The molecule has 0 atom stereocenters. The van der Waals surface area contributed by atoms with Gasteiger partial charge in [0.2, 0.25) is 0 Å². The van der Waals surface area contributed by atoms with Crippen LogP contribution >= 0.6 is 11.6 Å². The van der Waals surface area contributed by atoms with E-state index in [0.29, 0.717) is 24.9 Å². The topological polar surface area (TPSA) is 76.0 Å². The summed E-state index contributed by atoms with van der Waals surface area (Å²) < 4.78 is 40.8. The molecule has 0 radical (unpaired) electrons. The van der Waals surface area contributed by atoms with Crippen LogP contribution in [0.25, 0.3) is 5.65 Å². The Morgan fingerprint density at radius 2 is 2.00 bits per heavy atom. The maximum Gasteiger partial charge on any atom is 0.435 e. The second-order valence-corrected chi connectivity index (χ2v) is 6.71. The number of aromatic nitrogens is 4. The summed E-state index contributed by atoms with van der Waals surface area (Å²) in [5.41, 5.74) is 0.779. The largest absolute Gasteiger partial charge is 0.435 e.